The molecule has 0 heterocycles. The lowest BCUT2D eigenvalue weighted by molar-refractivity contribution is -0.150. The van der Waals surface area contributed by atoms with Crippen LogP contribution in [0.3, 0.4) is 0 Å². The normalized spacial score (nSPS) is 19.8. The van der Waals surface area contributed by atoms with Crippen molar-refractivity contribution < 1.29 is 19.1 Å². The zero-order valence-corrected chi connectivity index (χ0v) is 13.8. The lowest BCUT2D eigenvalue weighted by Gasteiger charge is -2.26. The molecule has 1 saturated carbocycles. The molecule has 0 atom stereocenters. The molecule has 6 nitrogen and oxygen atoms in total. The second kappa shape index (κ2) is 8.92. The summed E-state index contributed by atoms with van der Waals surface area (Å²) in [4.78, 5) is 23.4. The Balaban J connectivity index is 1.63. The monoisotopic (exact) mass is 330 g/mol. The van der Waals surface area contributed by atoms with Crippen molar-refractivity contribution in [3.63, 3.8) is 0 Å². The summed E-state index contributed by atoms with van der Waals surface area (Å²) in [6.07, 6.45) is 4.18. The summed E-state index contributed by atoms with van der Waals surface area (Å²) in [5, 5.41) is 11.6. The molecule has 1 aliphatic carbocycles. The highest BCUT2D eigenvalue weighted by Gasteiger charge is 2.20. The van der Waals surface area contributed by atoms with Crippen LogP contribution in [0.2, 0.25) is 0 Å². The maximum atomic E-state index is 11.8. The highest BCUT2D eigenvalue weighted by molar-refractivity contribution is 5.81. The van der Waals surface area contributed by atoms with Gasteiger partial charge in [0.1, 0.15) is 5.75 Å². The third kappa shape index (κ3) is 5.92. The molecule has 0 spiro atoms. The summed E-state index contributed by atoms with van der Waals surface area (Å²) in [5.74, 6) is 0.301. The first-order valence-electron chi connectivity index (χ1n) is 8.14. The molecule has 0 aromatic heterocycles. The van der Waals surface area contributed by atoms with Crippen LogP contribution in [0.1, 0.15) is 38.2 Å². The van der Waals surface area contributed by atoms with Gasteiger partial charge >= 0.3 is 5.97 Å². The SMILES string of the molecule is CC1CCC(NC(=O)COC(=O)COc2ccc(C#N)cc2)CC1. The third-order valence-corrected chi connectivity index (χ3v) is 4.09. The predicted octanol–water partition coefficient (Wildman–Crippen LogP) is 2.18. The van der Waals surface area contributed by atoms with Gasteiger partial charge in [0.05, 0.1) is 11.6 Å². The summed E-state index contributed by atoms with van der Waals surface area (Å²) in [6.45, 7) is 1.65. The lowest BCUT2D eigenvalue weighted by Crippen LogP contribution is -2.39. The molecule has 1 aromatic carbocycles. The number of esters is 1. The Kier molecular flexibility index (Phi) is 6.62. The summed E-state index contributed by atoms with van der Waals surface area (Å²) in [6, 6.07) is 8.57. The number of carbonyl (C=O) groups is 2. The van der Waals surface area contributed by atoms with E-state index in [0.29, 0.717) is 11.3 Å². The fraction of sp³-hybridized carbons (Fsp3) is 0.500. The van der Waals surface area contributed by atoms with Crippen molar-refractivity contribution in [2.75, 3.05) is 13.2 Å². The van der Waals surface area contributed by atoms with Gasteiger partial charge in [-0.3, -0.25) is 4.79 Å². The van der Waals surface area contributed by atoms with Crippen LogP contribution in [0.4, 0.5) is 0 Å². The maximum Gasteiger partial charge on any atom is 0.344 e. The van der Waals surface area contributed by atoms with Crippen LogP contribution < -0.4 is 10.1 Å². The van der Waals surface area contributed by atoms with Crippen molar-refractivity contribution in [3.8, 4) is 11.8 Å². The quantitative estimate of drug-likeness (QED) is 0.808. The predicted molar refractivity (Wildman–Crippen MR) is 87.2 cm³/mol. The highest BCUT2D eigenvalue weighted by atomic mass is 16.6. The lowest BCUT2D eigenvalue weighted by atomic mass is 9.87. The molecule has 2 rings (SSSR count). The number of nitriles is 1. The molecule has 1 aliphatic rings. The van der Waals surface area contributed by atoms with Gasteiger partial charge in [-0.1, -0.05) is 6.92 Å². The van der Waals surface area contributed by atoms with Crippen LogP contribution in [-0.2, 0) is 14.3 Å². The summed E-state index contributed by atoms with van der Waals surface area (Å²) in [5.41, 5.74) is 0.513. The Morgan fingerprint density at radius 2 is 1.83 bits per heavy atom. The number of nitrogens with zero attached hydrogens (tertiary/aromatic N) is 1. The molecule has 0 unspecified atom stereocenters. The molecule has 1 N–H and O–H groups in total. The smallest absolute Gasteiger partial charge is 0.344 e. The second-order valence-corrected chi connectivity index (χ2v) is 6.11. The molecule has 24 heavy (non-hydrogen) atoms. The molecule has 1 aromatic rings. The Labute approximate surface area is 141 Å². The van der Waals surface area contributed by atoms with Gasteiger partial charge < -0.3 is 14.8 Å². The van der Waals surface area contributed by atoms with E-state index in [4.69, 9.17) is 14.7 Å². The summed E-state index contributed by atoms with van der Waals surface area (Å²) < 4.78 is 10.2. The first-order valence-corrected chi connectivity index (χ1v) is 8.14. The van der Waals surface area contributed by atoms with Crippen molar-refractivity contribution in [3.05, 3.63) is 29.8 Å². The molecule has 6 heteroatoms. The van der Waals surface area contributed by atoms with E-state index >= 15 is 0 Å². The number of hydrogen-bond donors (Lipinski definition) is 1. The van der Waals surface area contributed by atoms with E-state index in [2.05, 4.69) is 12.2 Å². The average Bonchev–Trinajstić information content (AvgIpc) is 2.60. The molecular weight excluding hydrogens is 308 g/mol. The number of benzene rings is 1. The van der Waals surface area contributed by atoms with E-state index in [-0.39, 0.29) is 25.2 Å². The largest absolute Gasteiger partial charge is 0.482 e. The first-order chi connectivity index (χ1) is 11.6. The Morgan fingerprint density at radius 3 is 2.46 bits per heavy atom. The number of nitrogens with one attached hydrogen (secondary N) is 1. The van der Waals surface area contributed by atoms with Gasteiger partial charge in [-0.2, -0.15) is 5.26 Å². The average molecular weight is 330 g/mol. The van der Waals surface area contributed by atoms with Crippen LogP contribution in [0, 0.1) is 17.2 Å². The van der Waals surface area contributed by atoms with Gasteiger partial charge in [-0.25, -0.2) is 4.79 Å². The number of amides is 1. The zero-order chi connectivity index (χ0) is 17.4. The van der Waals surface area contributed by atoms with Gasteiger partial charge in [0.15, 0.2) is 13.2 Å². The molecule has 1 amide bonds. The minimum atomic E-state index is -0.605. The van der Waals surface area contributed by atoms with Crippen molar-refractivity contribution in [1.29, 1.82) is 5.26 Å². The van der Waals surface area contributed by atoms with Crippen LogP contribution >= 0.6 is 0 Å². The van der Waals surface area contributed by atoms with Crippen molar-refractivity contribution >= 4 is 11.9 Å². The van der Waals surface area contributed by atoms with Crippen LogP contribution in [-0.4, -0.2) is 31.1 Å². The van der Waals surface area contributed by atoms with Gasteiger partial charge in [0.25, 0.3) is 5.91 Å². The molecule has 0 saturated heterocycles. The molecule has 1 fully saturated rings. The van der Waals surface area contributed by atoms with Gasteiger partial charge in [0, 0.05) is 6.04 Å². The van der Waals surface area contributed by atoms with Crippen LogP contribution in [0.25, 0.3) is 0 Å². The van der Waals surface area contributed by atoms with Crippen molar-refractivity contribution in [1.82, 2.24) is 5.32 Å². The first kappa shape index (κ1) is 17.8. The fourth-order valence-electron chi connectivity index (χ4n) is 2.63. The van der Waals surface area contributed by atoms with Crippen LogP contribution in [0.15, 0.2) is 24.3 Å². The van der Waals surface area contributed by atoms with E-state index in [1.165, 1.54) is 0 Å². The van der Waals surface area contributed by atoms with E-state index in [1.807, 2.05) is 6.07 Å². The number of ether oxygens (including phenoxy) is 2. The maximum absolute atomic E-state index is 11.8. The van der Waals surface area contributed by atoms with Crippen molar-refractivity contribution in [2.45, 2.75) is 38.6 Å². The topological polar surface area (TPSA) is 88.4 Å². The minimum absolute atomic E-state index is 0.183. The second-order valence-electron chi connectivity index (χ2n) is 6.11. The highest BCUT2D eigenvalue weighted by Crippen LogP contribution is 2.23. The molecule has 0 aliphatic heterocycles. The Bertz CT molecular complexity index is 598. The molecule has 128 valence electrons. The van der Waals surface area contributed by atoms with Crippen molar-refractivity contribution in [2.24, 2.45) is 5.92 Å². The minimum Gasteiger partial charge on any atom is -0.482 e. The van der Waals surface area contributed by atoms with E-state index < -0.39 is 5.97 Å². The molecule has 0 bridgehead atoms. The third-order valence-electron chi connectivity index (χ3n) is 4.09. The number of rotatable bonds is 6. The standard InChI is InChI=1S/C18H22N2O4/c1-13-2-6-15(7-3-13)20-17(21)11-24-18(22)12-23-16-8-4-14(10-19)5-9-16/h4-5,8-9,13,15H,2-3,6-7,11-12H2,1H3,(H,20,21). The van der Waals surface area contributed by atoms with Crippen LogP contribution in [0.5, 0.6) is 5.75 Å². The Morgan fingerprint density at radius 1 is 1.17 bits per heavy atom. The van der Waals surface area contributed by atoms with E-state index in [0.717, 1.165) is 31.6 Å². The zero-order valence-electron chi connectivity index (χ0n) is 13.8. The van der Waals surface area contributed by atoms with E-state index in [9.17, 15) is 9.59 Å². The number of carbonyl (C=O) groups excluding carboxylic acids is 2. The molecular formula is C18H22N2O4. The summed E-state index contributed by atoms with van der Waals surface area (Å²) in [7, 11) is 0. The van der Waals surface area contributed by atoms with Gasteiger partial charge in [-0.15, -0.1) is 0 Å². The summed E-state index contributed by atoms with van der Waals surface area (Å²) >= 11 is 0. The van der Waals surface area contributed by atoms with Gasteiger partial charge in [-0.05, 0) is 55.9 Å². The Hall–Kier alpha value is -2.55. The number of hydrogen-bond acceptors (Lipinski definition) is 5. The molecule has 0 radical (unpaired) electrons. The van der Waals surface area contributed by atoms with Gasteiger partial charge in [0.2, 0.25) is 0 Å². The fourth-order valence-corrected chi connectivity index (χ4v) is 2.63. The van der Waals surface area contributed by atoms with E-state index in [1.54, 1.807) is 24.3 Å².